The van der Waals surface area contributed by atoms with Gasteiger partial charge in [0.1, 0.15) is 0 Å². The molecule has 2 N–H and O–H groups in total. The van der Waals surface area contributed by atoms with Crippen LogP contribution >= 0.6 is 0 Å². The maximum Gasteiger partial charge on any atom is 0.358 e. The molecule has 0 aliphatic rings. The first kappa shape index (κ1) is 9.40. The molecule has 0 atom stereocenters. The number of aromatic carboxylic acids is 1. The van der Waals surface area contributed by atoms with Crippen LogP contribution in [0.25, 0.3) is 0 Å². The Balaban J connectivity index is 2.98. The van der Waals surface area contributed by atoms with Crippen molar-refractivity contribution in [1.82, 2.24) is 15.0 Å². The van der Waals surface area contributed by atoms with Crippen LogP contribution in [0.5, 0.6) is 0 Å². The summed E-state index contributed by atoms with van der Waals surface area (Å²) in [7, 11) is 3.47. The summed E-state index contributed by atoms with van der Waals surface area (Å²) in [5, 5.41) is 10.3. The Kier molecular flexibility index (Phi) is 2.76. The Morgan fingerprint density at radius 2 is 2.08 bits per heavy atom. The molecule has 0 radical (unpaired) electrons. The van der Waals surface area contributed by atoms with Gasteiger partial charge in [-0.3, -0.25) is 0 Å². The van der Waals surface area contributed by atoms with Gasteiger partial charge in [-0.25, -0.2) is 19.8 Å². The van der Waals surface area contributed by atoms with Gasteiger partial charge in [-0.1, -0.05) is 0 Å². The number of nitrogens with zero attached hydrogens (tertiary/aromatic N) is 3. The molecule has 0 aliphatic heterocycles. The lowest BCUT2D eigenvalue weighted by atomic mass is 10.4. The van der Waals surface area contributed by atoms with Gasteiger partial charge in [0.15, 0.2) is 11.5 Å². The SMILES string of the molecule is CN(C)Nc1nccnc1C(=O)O. The van der Waals surface area contributed by atoms with Gasteiger partial charge < -0.3 is 10.5 Å². The predicted octanol–water partition coefficient (Wildman–Crippen LogP) is 0.0633. The van der Waals surface area contributed by atoms with Crippen molar-refractivity contribution in [2.75, 3.05) is 19.5 Å². The van der Waals surface area contributed by atoms with Crippen LogP contribution in [0.3, 0.4) is 0 Å². The lowest BCUT2D eigenvalue weighted by molar-refractivity contribution is 0.0691. The van der Waals surface area contributed by atoms with E-state index >= 15 is 0 Å². The number of carboxylic acid groups (broad SMARTS) is 1. The van der Waals surface area contributed by atoms with Crippen LogP contribution in [0, 0.1) is 0 Å². The van der Waals surface area contributed by atoms with E-state index in [1.165, 1.54) is 12.4 Å². The molecule has 0 aliphatic carbocycles. The van der Waals surface area contributed by atoms with Gasteiger partial charge in [-0.15, -0.1) is 0 Å². The average Bonchev–Trinajstić information content (AvgIpc) is 2.03. The molecule has 0 unspecified atom stereocenters. The van der Waals surface area contributed by atoms with Crippen molar-refractivity contribution in [2.24, 2.45) is 0 Å². The Morgan fingerprint density at radius 1 is 1.46 bits per heavy atom. The monoisotopic (exact) mass is 182 g/mol. The van der Waals surface area contributed by atoms with E-state index in [9.17, 15) is 4.79 Å². The van der Waals surface area contributed by atoms with Gasteiger partial charge in [-0.2, -0.15) is 0 Å². The highest BCUT2D eigenvalue weighted by Gasteiger charge is 2.12. The van der Waals surface area contributed by atoms with E-state index in [0.717, 1.165) is 0 Å². The molecule has 13 heavy (non-hydrogen) atoms. The summed E-state index contributed by atoms with van der Waals surface area (Å²) in [6, 6.07) is 0. The van der Waals surface area contributed by atoms with Gasteiger partial charge in [0, 0.05) is 26.5 Å². The van der Waals surface area contributed by atoms with Crippen molar-refractivity contribution in [3.63, 3.8) is 0 Å². The minimum Gasteiger partial charge on any atom is -0.476 e. The molecule has 1 heterocycles. The Hall–Kier alpha value is -1.69. The molecule has 1 aromatic rings. The van der Waals surface area contributed by atoms with Crippen molar-refractivity contribution in [2.45, 2.75) is 0 Å². The normalized spacial score (nSPS) is 10.1. The van der Waals surface area contributed by atoms with Gasteiger partial charge >= 0.3 is 5.97 Å². The lowest BCUT2D eigenvalue weighted by Crippen LogP contribution is -2.22. The summed E-state index contributed by atoms with van der Waals surface area (Å²) in [6.45, 7) is 0. The third-order valence-corrected chi connectivity index (χ3v) is 1.23. The highest BCUT2D eigenvalue weighted by Crippen LogP contribution is 2.07. The molecule has 0 saturated carbocycles. The molecule has 6 heteroatoms. The van der Waals surface area contributed by atoms with Crippen molar-refractivity contribution in [1.29, 1.82) is 0 Å². The van der Waals surface area contributed by atoms with E-state index in [-0.39, 0.29) is 11.5 Å². The highest BCUT2D eigenvalue weighted by atomic mass is 16.4. The Bertz CT molecular complexity index is 313. The summed E-state index contributed by atoms with van der Waals surface area (Å²) in [6.07, 6.45) is 2.77. The number of anilines is 1. The zero-order valence-corrected chi connectivity index (χ0v) is 7.35. The molecule has 1 rings (SSSR count). The number of hydrogen-bond acceptors (Lipinski definition) is 5. The minimum atomic E-state index is -1.10. The van der Waals surface area contributed by atoms with Gasteiger partial charge in [-0.05, 0) is 0 Å². The van der Waals surface area contributed by atoms with E-state index < -0.39 is 5.97 Å². The quantitative estimate of drug-likeness (QED) is 0.644. The second-order valence-electron chi connectivity index (χ2n) is 2.56. The number of hydrazine groups is 1. The van der Waals surface area contributed by atoms with Gasteiger partial charge in [0.05, 0.1) is 0 Å². The number of carbonyl (C=O) groups is 1. The fourth-order valence-corrected chi connectivity index (χ4v) is 0.788. The molecule has 0 aromatic carbocycles. The van der Waals surface area contributed by atoms with Crippen LogP contribution in [-0.2, 0) is 0 Å². The standard InChI is InChI=1S/C7H10N4O2/c1-11(2)10-6-5(7(12)13)8-3-4-9-6/h3-4H,1-2H3,(H,9,10)(H,12,13). The summed E-state index contributed by atoms with van der Waals surface area (Å²) < 4.78 is 0. The van der Waals surface area contributed by atoms with Crippen molar-refractivity contribution in [3.8, 4) is 0 Å². The van der Waals surface area contributed by atoms with Crippen LogP contribution in [-0.4, -0.2) is 40.1 Å². The summed E-state index contributed by atoms with van der Waals surface area (Å²) >= 11 is 0. The number of hydrogen-bond donors (Lipinski definition) is 2. The van der Waals surface area contributed by atoms with Crippen molar-refractivity contribution in [3.05, 3.63) is 18.1 Å². The summed E-state index contributed by atoms with van der Waals surface area (Å²) in [5.74, 6) is -0.863. The van der Waals surface area contributed by atoms with Gasteiger partial charge in [0.2, 0.25) is 0 Å². The van der Waals surface area contributed by atoms with E-state index in [4.69, 9.17) is 5.11 Å². The molecule has 1 aromatic heterocycles. The largest absolute Gasteiger partial charge is 0.476 e. The molecular formula is C7H10N4O2. The smallest absolute Gasteiger partial charge is 0.358 e. The molecule has 0 spiro atoms. The second kappa shape index (κ2) is 3.81. The van der Waals surface area contributed by atoms with E-state index in [1.807, 2.05) is 0 Å². The predicted molar refractivity (Wildman–Crippen MR) is 46.3 cm³/mol. The van der Waals surface area contributed by atoms with Gasteiger partial charge in [0.25, 0.3) is 0 Å². The maximum atomic E-state index is 10.6. The highest BCUT2D eigenvalue weighted by molar-refractivity contribution is 5.90. The second-order valence-corrected chi connectivity index (χ2v) is 2.56. The first-order valence-electron chi connectivity index (χ1n) is 3.59. The van der Waals surface area contributed by atoms with Crippen LogP contribution in [0.1, 0.15) is 10.5 Å². The molecule has 6 nitrogen and oxygen atoms in total. The van der Waals surface area contributed by atoms with Crippen LogP contribution in [0.2, 0.25) is 0 Å². The fraction of sp³-hybridized carbons (Fsp3) is 0.286. The third kappa shape index (κ3) is 2.38. The number of aromatic nitrogens is 2. The summed E-state index contributed by atoms with van der Waals surface area (Å²) in [5.41, 5.74) is 2.65. The fourth-order valence-electron chi connectivity index (χ4n) is 0.788. The molecule has 0 fully saturated rings. The number of nitrogens with one attached hydrogen (secondary N) is 1. The van der Waals surface area contributed by atoms with E-state index in [0.29, 0.717) is 0 Å². The van der Waals surface area contributed by atoms with E-state index in [2.05, 4.69) is 15.4 Å². The van der Waals surface area contributed by atoms with Crippen molar-refractivity contribution >= 4 is 11.8 Å². The molecule has 0 saturated heterocycles. The van der Waals surface area contributed by atoms with Crippen LogP contribution in [0.4, 0.5) is 5.82 Å². The van der Waals surface area contributed by atoms with Crippen LogP contribution in [0.15, 0.2) is 12.4 Å². The third-order valence-electron chi connectivity index (χ3n) is 1.23. The van der Waals surface area contributed by atoms with Crippen molar-refractivity contribution < 1.29 is 9.90 Å². The average molecular weight is 182 g/mol. The maximum absolute atomic E-state index is 10.6. The topological polar surface area (TPSA) is 78.3 Å². The number of rotatable bonds is 3. The summed E-state index contributed by atoms with van der Waals surface area (Å²) in [4.78, 5) is 18.2. The zero-order valence-electron chi connectivity index (χ0n) is 7.35. The molecule has 0 bridgehead atoms. The van der Waals surface area contributed by atoms with Crippen LogP contribution < -0.4 is 5.43 Å². The minimum absolute atomic E-state index is 0.0869. The zero-order chi connectivity index (χ0) is 9.84. The van der Waals surface area contributed by atoms with E-state index in [1.54, 1.807) is 19.1 Å². The Labute approximate surface area is 75.2 Å². The molecule has 70 valence electrons. The first-order chi connectivity index (χ1) is 6.11. The lowest BCUT2D eigenvalue weighted by Gasteiger charge is -2.12. The molecule has 0 amide bonds. The molecular weight excluding hydrogens is 172 g/mol. The Morgan fingerprint density at radius 3 is 2.62 bits per heavy atom. The number of carboxylic acids is 1. The first-order valence-corrected chi connectivity index (χ1v) is 3.59.